The van der Waals surface area contributed by atoms with Crippen molar-refractivity contribution in [1.29, 1.82) is 0 Å². The van der Waals surface area contributed by atoms with Crippen molar-refractivity contribution < 1.29 is 14.2 Å². The Morgan fingerprint density at radius 3 is 2.28 bits per heavy atom. The molecule has 0 aliphatic rings. The zero-order valence-corrected chi connectivity index (χ0v) is 11.8. The average molecular weight is 253 g/mol. The van der Waals surface area contributed by atoms with Crippen LogP contribution in [-0.4, -0.2) is 34.5 Å². The Labute approximate surface area is 109 Å². The van der Waals surface area contributed by atoms with Crippen molar-refractivity contribution in [2.45, 2.75) is 25.5 Å². The van der Waals surface area contributed by atoms with Crippen LogP contribution in [-0.2, 0) is 4.74 Å². The Balaban J connectivity index is 2.92. The Morgan fingerprint density at radius 1 is 1.11 bits per heavy atom. The van der Waals surface area contributed by atoms with E-state index in [4.69, 9.17) is 14.2 Å². The third-order valence-electron chi connectivity index (χ3n) is 3.13. The number of hydrogen-bond donors (Lipinski definition) is 1. The lowest BCUT2D eigenvalue weighted by atomic mass is 10.0. The van der Waals surface area contributed by atoms with Gasteiger partial charge in [-0.2, -0.15) is 0 Å². The van der Waals surface area contributed by atoms with E-state index in [1.807, 2.05) is 25.2 Å². The lowest BCUT2D eigenvalue weighted by molar-refractivity contribution is 0.101. The molecular weight excluding hydrogens is 230 g/mol. The minimum atomic E-state index is 0.204. The highest BCUT2D eigenvalue weighted by molar-refractivity contribution is 5.43. The van der Waals surface area contributed by atoms with Crippen LogP contribution in [0.4, 0.5) is 0 Å². The van der Waals surface area contributed by atoms with Gasteiger partial charge in [-0.25, -0.2) is 0 Å². The van der Waals surface area contributed by atoms with Gasteiger partial charge in [-0.15, -0.1) is 0 Å². The van der Waals surface area contributed by atoms with E-state index in [9.17, 15) is 0 Å². The minimum Gasteiger partial charge on any atom is -0.493 e. The van der Waals surface area contributed by atoms with Crippen molar-refractivity contribution in [2.75, 3.05) is 28.4 Å². The number of benzene rings is 1. The van der Waals surface area contributed by atoms with E-state index in [2.05, 4.69) is 12.2 Å². The molecule has 0 spiro atoms. The molecule has 1 aromatic carbocycles. The first-order valence-electron chi connectivity index (χ1n) is 6.08. The van der Waals surface area contributed by atoms with E-state index in [-0.39, 0.29) is 12.1 Å². The third-order valence-corrected chi connectivity index (χ3v) is 3.13. The molecule has 4 nitrogen and oxygen atoms in total. The number of hydrogen-bond acceptors (Lipinski definition) is 4. The van der Waals surface area contributed by atoms with E-state index in [1.165, 1.54) is 5.56 Å². The van der Waals surface area contributed by atoms with Crippen LogP contribution in [0, 0.1) is 0 Å². The Bertz CT molecular complexity index is 368. The molecule has 0 fully saturated rings. The van der Waals surface area contributed by atoms with Gasteiger partial charge in [0.05, 0.1) is 20.3 Å². The van der Waals surface area contributed by atoms with E-state index in [0.717, 1.165) is 17.9 Å². The number of ether oxygens (including phenoxy) is 3. The zero-order chi connectivity index (χ0) is 13.5. The van der Waals surface area contributed by atoms with Crippen molar-refractivity contribution in [3.63, 3.8) is 0 Å². The van der Waals surface area contributed by atoms with E-state index in [0.29, 0.717) is 0 Å². The molecule has 2 atom stereocenters. The number of rotatable bonds is 7. The highest BCUT2D eigenvalue weighted by Crippen LogP contribution is 2.31. The summed E-state index contributed by atoms with van der Waals surface area (Å²) in [5, 5.41) is 3.30. The first kappa shape index (κ1) is 14.8. The second kappa shape index (κ2) is 7.24. The summed E-state index contributed by atoms with van der Waals surface area (Å²) in [6.07, 6.45) is 1.11. The van der Waals surface area contributed by atoms with Crippen LogP contribution in [0.15, 0.2) is 18.2 Å². The monoisotopic (exact) mass is 253 g/mol. The summed E-state index contributed by atoms with van der Waals surface area (Å²) in [4.78, 5) is 0. The fraction of sp³-hybridized carbons (Fsp3) is 0.571. The molecule has 0 saturated carbocycles. The first-order valence-corrected chi connectivity index (χ1v) is 6.08. The summed E-state index contributed by atoms with van der Waals surface area (Å²) >= 11 is 0. The fourth-order valence-electron chi connectivity index (χ4n) is 1.92. The highest BCUT2D eigenvalue weighted by Gasteiger charge is 2.15. The molecule has 2 unspecified atom stereocenters. The molecule has 0 saturated heterocycles. The van der Waals surface area contributed by atoms with Gasteiger partial charge in [-0.3, -0.25) is 0 Å². The van der Waals surface area contributed by atoms with E-state index >= 15 is 0 Å². The topological polar surface area (TPSA) is 39.7 Å². The largest absolute Gasteiger partial charge is 0.493 e. The summed E-state index contributed by atoms with van der Waals surface area (Å²) < 4.78 is 15.9. The Hall–Kier alpha value is -1.26. The second-order valence-electron chi connectivity index (χ2n) is 4.24. The van der Waals surface area contributed by atoms with Gasteiger partial charge in [0.1, 0.15) is 0 Å². The molecule has 18 heavy (non-hydrogen) atoms. The molecule has 1 aromatic rings. The van der Waals surface area contributed by atoms with Crippen LogP contribution in [0.1, 0.15) is 24.9 Å². The number of nitrogens with one attached hydrogen (secondary N) is 1. The molecule has 0 heterocycles. The molecule has 0 radical (unpaired) electrons. The van der Waals surface area contributed by atoms with Crippen molar-refractivity contribution in [1.82, 2.24) is 5.32 Å². The lowest BCUT2D eigenvalue weighted by Crippen LogP contribution is -2.22. The van der Waals surface area contributed by atoms with Crippen molar-refractivity contribution in [3.05, 3.63) is 23.8 Å². The maximum atomic E-state index is 5.32. The molecule has 0 bridgehead atoms. The van der Waals surface area contributed by atoms with Crippen molar-refractivity contribution >= 4 is 0 Å². The molecule has 0 aliphatic heterocycles. The van der Waals surface area contributed by atoms with Gasteiger partial charge in [-0.05, 0) is 38.1 Å². The number of methoxy groups -OCH3 is 3. The Kier molecular flexibility index (Phi) is 5.95. The molecule has 1 N–H and O–H groups in total. The molecule has 0 aliphatic carbocycles. The van der Waals surface area contributed by atoms with Gasteiger partial charge < -0.3 is 19.5 Å². The highest BCUT2D eigenvalue weighted by atomic mass is 16.5. The van der Waals surface area contributed by atoms with E-state index in [1.54, 1.807) is 21.3 Å². The van der Waals surface area contributed by atoms with Gasteiger partial charge in [-0.1, -0.05) is 6.07 Å². The molecular formula is C14H23NO3. The lowest BCUT2D eigenvalue weighted by Gasteiger charge is -2.21. The SMILES string of the molecule is CNC(CC(C)OC)c1ccc(OC)c(OC)c1. The predicted molar refractivity (Wildman–Crippen MR) is 72.4 cm³/mol. The predicted octanol–water partition coefficient (Wildman–Crippen LogP) is 2.39. The van der Waals surface area contributed by atoms with Crippen LogP contribution in [0.5, 0.6) is 11.5 Å². The standard InChI is InChI=1S/C14H23NO3/c1-10(16-3)8-12(15-2)11-6-7-13(17-4)14(9-11)18-5/h6-7,9-10,12,15H,8H2,1-5H3. The van der Waals surface area contributed by atoms with Gasteiger partial charge in [0.25, 0.3) is 0 Å². The maximum Gasteiger partial charge on any atom is 0.161 e. The van der Waals surface area contributed by atoms with Gasteiger partial charge in [0.15, 0.2) is 11.5 Å². The molecule has 0 amide bonds. The average Bonchev–Trinajstić information content (AvgIpc) is 2.43. The van der Waals surface area contributed by atoms with Crippen LogP contribution in [0.25, 0.3) is 0 Å². The van der Waals surface area contributed by atoms with Crippen molar-refractivity contribution in [3.8, 4) is 11.5 Å². The van der Waals surface area contributed by atoms with Crippen LogP contribution < -0.4 is 14.8 Å². The molecule has 102 valence electrons. The smallest absolute Gasteiger partial charge is 0.161 e. The fourth-order valence-corrected chi connectivity index (χ4v) is 1.92. The summed E-state index contributed by atoms with van der Waals surface area (Å²) in [5.41, 5.74) is 1.17. The molecule has 1 rings (SSSR count). The van der Waals surface area contributed by atoms with E-state index < -0.39 is 0 Å². The first-order chi connectivity index (χ1) is 8.65. The summed E-state index contributed by atoms with van der Waals surface area (Å²) in [7, 11) is 6.96. The summed E-state index contributed by atoms with van der Waals surface area (Å²) in [6.45, 7) is 2.06. The van der Waals surface area contributed by atoms with Crippen LogP contribution in [0.3, 0.4) is 0 Å². The minimum absolute atomic E-state index is 0.204. The molecule has 4 heteroatoms. The Morgan fingerprint density at radius 2 is 1.78 bits per heavy atom. The van der Waals surface area contributed by atoms with Crippen LogP contribution in [0.2, 0.25) is 0 Å². The molecule has 0 aromatic heterocycles. The maximum absolute atomic E-state index is 5.32. The third kappa shape index (κ3) is 3.62. The zero-order valence-electron chi connectivity index (χ0n) is 11.8. The summed E-state index contributed by atoms with van der Waals surface area (Å²) in [5.74, 6) is 1.50. The van der Waals surface area contributed by atoms with Gasteiger partial charge >= 0.3 is 0 Å². The van der Waals surface area contributed by atoms with Gasteiger partial charge in [0, 0.05) is 13.2 Å². The quantitative estimate of drug-likeness (QED) is 0.810. The normalized spacial score (nSPS) is 14.1. The van der Waals surface area contributed by atoms with Crippen LogP contribution >= 0.6 is 0 Å². The summed E-state index contributed by atoms with van der Waals surface area (Å²) in [6, 6.07) is 6.21. The van der Waals surface area contributed by atoms with Gasteiger partial charge in [0.2, 0.25) is 0 Å². The second-order valence-corrected chi connectivity index (χ2v) is 4.24. The van der Waals surface area contributed by atoms with Crippen molar-refractivity contribution in [2.24, 2.45) is 0 Å².